The monoisotopic (exact) mass is 605 g/mol. The van der Waals surface area contributed by atoms with Gasteiger partial charge in [0, 0.05) is 28.7 Å². The number of hydrogen-bond donors (Lipinski definition) is 0. The molecule has 0 radical (unpaired) electrons. The summed E-state index contributed by atoms with van der Waals surface area (Å²) < 4.78 is 15.8. The van der Waals surface area contributed by atoms with Crippen molar-refractivity contribution in [2.75, 3.05) is 13.7 Å². The van der Waals surface area contributed by atoms with Gasteiger partial charge < -0.3 is 14.0 Å². The summed E-state index contributed by atoms with van der Waals surface area (Å²) in [7, 11) is 1.59. The summed E-state index contributed by atoms with van der Waals surface area (Å²) in [6.07, 6.45) is 3.80. The zero-order valence-electron chi connectivity index (χ0n) is 22.2. The fourth-order valence-electron chi connectivity index (χ4n) is 5.10. The molecular formula is C30H28BrN3O4S. The first-order valence-electron chi connectivity index (χ1n) is 12.5. The van der Waals surface area contributed by atoms with E-state index in [1.165, 1.54) is 11.3 Å². The first kappa shape index (κ1) is 26.9. The third-order valence-electron chi connectivity index (χ3n) is 6.88. The van der Waals surface area contributed by atoms with E-state index in [-0.39, 0.29) is 12.2 Å². The summed E-state index contributed by atoms with van der Waals surface area (Å²) in [5, 5.41) is 1.06. The lowest BCUT2D eigenvalue weighted by molar-refractivity contribution is -0.139. The van der Waals surface area contributed by atoms with Crippen LogP contribution in [-0.2, 0) is 16.1 Å². The van der Waals surface area contributed by atoms with Gasteiger partial charge in [0.2, 0.25) is 0 Å². The number of fused-ring (bicyclic) bond motifs is 2. The molecule has 1 unspecified atom stereocenters. The van der Waals surface area contributed by atoms with Crippen molar-refractivity contribution in [3.8, 4) is 5.75 Å². The molecule has 1 aliphatic rings. The lowest BCUT2D eigenvalue weighted by Crippen LogP contribution is -2.40. The number of carbonyl (C=O) groups is 1. The molecule has 2 aromatic heterocycles. The Bertz CT molecular complexity index is 1840. The summed E-state index contributed by atoms with van der Waals surface area (Å²) in [6, 6.07) is 13.0. The SMILES string of the molecule is C=CCn1c(C)c(/C=c2\sc3n(c2=O)C(c2ccc(OC)c(Br)c2)C(C(=O)OCC)=C(C)N=3)c2ccccc21. The molecule has 0 aliphatic carbocycles. The number of rotatable bonds is 7. The molecule has 0 saturated carbocycles. The van der Waals surface area contributed by atoms with Gasteiger partial charge >= 0.3 is 5.97 Å². The number of aromatic nitrogens is 2. The third kappa shape index (κ3) is 4.59. The number of methoxy groups -OCH3 is 1. The van der Waals surface area contributed by atoms with Crippen LogP contribution in [0.25, 0.3) is 17.0 Å². The topological polar surface area (TPSA) is 74.8 Å². The number of nitrogens with zero attached hydrogens (tertiary/aromatic N) is 3. The predicted molar refractivity (Wildman–Crippen MR) is 158 cm³/mol. The zero-order valence-corrected chi connectivity index (χ0v) is 24.6. The molecular weight excluding hydrogens is 578 g/mol. The Morgan fingerprint density at radius 1 is 1.23 bits per heavy atom. The largest absolute Gasteiger partial charge is 0.496 e. The number of benzene rings is 2. The number of para-hydroxylation sites is 1. The van der Waals surface area contributed by atoms with E-state index in [1.54, 1.807) is 25.5 Å². The van der Waals surface area contributed by atoms with E-state index >= 15 is 0 Å². The number of hydrogen-bond acceptors (Lipinski definition) is 6. The Morgan fingerprint density at radius 3 is 2.69 bits per heavy atom. The zero-order chi connectivity index (χ0) is 27.8. The van der Waals surface area contributed by atoms with Crippen molar-refractivity contribution in [3.63, 3.8) is 0 Å². The molecule has 0 N–H and O–H groups in total. The molecule has 39 heavy (non-hydrogen) atoms. The van der Waals surface area contributed by atoms with Crippen LogP contribution >= 0.6 is 27.3 Å². The minimum absolute atomic E-state index is 0.215. The maximum Gasteiger partial charge on any atom is 0.338 e. The second-order valence-corrected chi connectivity index (χ2v) is 11.0. The fourth-order valence-corrected chi connectivity index (χ4v) is 6.68. The van der Waals surface area contributed by atoms with E-state index in [0.717, 1.165) is 27.7 Å². The minimum atomic E-state index is -0.701. The molecule has 0 saturated heterocycles. The van der Waals surface area contributed by atoms with Crippen molar-refractivity contribution in [1.82, 2.24) is 9.13 Å². The van der Waals surface area contributed by atoms with Gasteiger partial charge in [-0.3, -0.25) is 9.36 Å². The van der Waals surface area contributed by atoms with Gasteiger partial charge in [-0.15, -0.1) is 6.58 Å². The van der Waals surface area contributed by atoms with Gasteiger partial charge in [-0.2, -0.15) is 0 Å². The maximum atomic E-state index is 14.1. The van der Waals surface area contributed by atoms with Gasteiger partial charge in [0.1, 0.15) is 5.75 Å². The number of thiazole rings is 1. The first-order valence-corrected chi connectivity index (χ1v) is 14.1. The van der Waals surface area contributed by atoms with E-state index in [0.29, 0.717) is 37.4 Å². The van der Waals surface area contributed by atoms with E-state index < -0.39 is 12.0 Å². The molecule has 0 amide bonds. The van der Waals surface area contributed by atoms with Crippen molar-refractivity contribution in [3.05, 3.63) is 107 Å². The van der Waals surface area contributed by atoms with E-state index in [2.05, 4.69) is 39.2 Å². The Morgan fingerprint density at radius 2 is 2.00 bits per heavy atom. The number of ether oxygens (including phenoxy) is 2. The van der Waals surface area contributed by atoms with Gasteiger partial charge in [-0.05, 0) is 66.5 Å². The lowest BCUT2D eigenvalue weighted by Gasteiger charge is -2.25. The van der Waals surface area contributed by atoms with Gasteiger partial charge in [0.15, 0.2) is 4.80 Å². The second-order valence-electron chi connectivity index (χ2n) is 9.11. The average molecular weight is 607 g/mol. The van der Waals surface area contributed by atoms with Crippen molar-refractivity contribution < 1.29 is 14.3 Å². The molecule has 0 fully saturated rings. The summed E-state index contributed by atoms with van der Waals surface area (Å²) in [6.45, 7) is 10.4. The second kappa shape index (κ2) is 10.8. The van der Waals surface area contributed by atoms with Crippen LogP contribution in [0.5, 0.6) is 5.75 Å². The van der Waals surface area contributed by atoms with Crippen LogP contribution in [-0.4, -0.2) is 28.8 Å². The van der Waals surface area contributed by atoms with E-state index in [9.17, 15) is 9.59 Å². The quantitative estimate of drug-likeness (QED) is 0.219. The smallest absolute Gasteiger partial charge is 0.338 e. The Balaban J connectivity index is 1.77. The first-order chi connectivity index (χ1) is 18.8. The van der Waals surface area contributed by atoms with Crippen molar-refractivity contribution in [2.24, 2.45) is 4.99 Å². The third-order valence-corrected chi connectivity index (χ3v) is 8.48. The fraction of sp³-hybridized carbons (Fsp3) is 0.233. The highest BCUT2D eigenvalue weighted by Gasteiger charge is 2.33. The van der Waals surface area contributed by atoms with Crippen molar-refractivity contribution >= 4 is 50.2 Å². The van der Waals surface area contributed by atoms with Crippen LogP contribution in [0.1, 0.15) is 36.7 Å². The van der Waals surface area contributed by atoms with Gasteiger partial charge in [-0.1, -0.05) is 41.7 Å². The molecule has 1 atom stereocenters. The van der Waals surface area contributed by atoms with Crippen LogP contribution in [0, 0.1) is 6.92 Å². The Hall–Kier alpha value is -3.69. The van der Waals surface area contributed by atoms with Gasteiger partial charge in [0.05, 0.1) is 40.0 Å². The Labute approximate surface area is 238 Å². The summed E-state index contributed by atoms with van der Waals surface area (Å²) >= 11 is 4.86. The van der Waals surface area contributed by atoms with Crippen LogP contribution in [0.2, 0.25) is 0 Å². The molecule has 9 heteroatoms. The molecule has 200 valence electrons. The Kier molecular flexibility index (Phi) is 7.46. The molecule has 5 rings (SSSR count). The van der Waals surface area contributed by atoms with E-state index in [1.807, 2.05) is 49.4 Å². The standard InChI is InChI=1S/C30H28BrN3O4S/c1-6-14-33-18(4)21(20-10-8-9-11-23(20)33)16-25-28(35)34-27(19-12-13-24(37-5)22(31)15-19)26(29(36)38-7-2)17(3)32-30(34)39-25/h6,8-13,15-16,27H,1,7,14H2,2-5H3/b25-16-. The maximum absolute atomic E-state index is 14.1. The highest BCUT2D eigenvalue weighted by atomic mass is 79.9. The number of esters is 1. The molecule has 0 spiro atoms. The molecule has 7 nitrogen and oxygen atoms in total. The number of allylic oxidation sites excluding steroid dienone is 2. The van der Waals surface area contributed by atoms with Crippen LogP contribution in [0.15, 0.2) is 80.6 Å². The predicted octanol–water partition coefficient (Wildman–Crippen LogP) is 5.02. The molecule has 4 aromatic rings. The van der Waals surface area contributed by atoms with Crippen molar-refractivity contribution in [2.45, 2.75) is 33.4 Å². The normalized spacial score (nSPS) is 15.3. The highest BCUT2D eigenvalue weighted by Crippen LogP contribution is 2.35. The molecule has 2 aromatic carbocycles. The van der Waals surface area contributed by atoms with Crippen LogP contribution in [0.4, 0.5) is 0 Å². The highest BCUT2D eigenvalue weighted by molar-refractivity contribution is 9.10. The summed E-state index contributed by atoms with van der Waals surface area (Å²) in [5.41, 5.74) is 4.49. The number of halogens is 1. The van der Waals surface area contributed by atoms with Crippen LogP contribution in [0.3, 0.4) is 0 Å². The molecule has 3 heterocycles. The van der Waals surface area contributed by atoms with Gasteiger partial charge in [-0.25, -0.2) is 9.79 Å². The van der Waals surface area contributed by atoms with Crippen molar-refractivity contribution in [1.29, 1.82) is 0 Å². The van der Waals surface area contributed by atoms with Gasteiger partial charge in [0.25, 0.3) is 5.56 Å². The lowest BCUT2D eigenvalue weighted by atomic mass is 9.96. The van der Waals surface area contributed by atoms with E-state index in [4.69, 9.17) is 14.5 Å². The average Bonchev–Trinajstić information content (AvgIpc) is 3.36. The number of carbonyl (C=O) groups excluding carboxylic acids is 1. The molecule has 1 aliphatic heterocycles. The van der Waals surface area contributed by atoms with Crippen LogP contribution < -0.4 is 19.6 Å². The molecule has 0 bridgehead atoms. The summed E-state index contributed by atoms with van der Waals surface area (Å²) in [4.78, 5) is 32.5. The minimum Gasteiger partial charge on any atom is -0.496 e. The summed E-state index contributed by atoms with van der Waals surface area (Å²) in [5.74, 6) is 0.157.